The second-order valence-corrected chi connectivity index (χ2v) is 8.60. The fourth-order valence-electron chi connectivity index (χ4n) is 5.27. The Kier molecular flexibility index (Phi) is 5.27. The zero-order valence-corrected chi connectivity index (χ0v) is 14.4. The smallest absolute Gasteiger partial charge is 0.0124 e. The highest BCUT2D eigenvalue weighted by Gasteiger charge is 2.41. The van der Waals surface area contributed by atoms with Crippen LogP contribution in [-0.4, -0.2) is 37.1 Å². The molecule has 0 radical (unpaired) electrons. The molecule has 3 aliphatic rings. The molecular formula is C19H36N2. The predicted molar refractivity (Wildman–Crippen MR) is 90.5 cm³/mol. The maximum Gasteiger partial charge on any atom is 0.0124 e. The van der Waals surface area contributed by atoms with Gasteiger partial charge in [0, 0.05) is 19.1 Å². The lowest BCUT2D eigenvalue weighted by Crippen LogP contribution is -2.46. The number of nitrogens with one attached hydrogen (secondary N) is 1. The molecule has 122 valence electrons. The Morgan fingerprint density at radius 2 is 1.81 bits per heavy atom. The lowest BCUT2D eigenvalue weighted by Gasteiger charge is -2.39. The predicted octanol–water partition coefficient (Wildman–Crippen LogP) is 4.06. The number of hydrogen-bond donors (Lipinski definition) is 1. The second-order valence-electron chi connectivity index (χ2n) is 8.60. The van der Waals surface area contributed by atoms with Gasteiger partial charge in [0.2, 0.25) is 0 Å². The number of rotatable bonds is 6. The maximum absolute atomic E-state index is 3.79. The molecule has 0 bridgehead atoms. The summed E-state index contributed by atoms with van der Waals surface area (Å²) in [7, 11) is 0. The topological polar surface area (TPSA) is 15.3 Å². The highest BCUT2D eigenvalue weighted by atomic mass is 15.2. The van der Waals surface area contributed by atoms with Gasteiger partial charge in [0.25, 0.3) is 0 Å². The first kappa shape index (κ1) is 15.8. The highest BCUT2D eigenvalue weighted by molar-refractivity contribution is 4.96. The largest absolute Gasteiger partial charge is 0.316 e. The van der Waals surface area contributed by atoms with Crippen molar-refractivity contribution in [3.05, 3.63) is 0 Å². The van der Waals surface area contributed by atoms with E-state index in [-0.39, 0.29) is 0 Å². The summed E-state index contributed by atoms with van der Waals surface area (Å²) in [6.45, 7) is 9.87. The molecule has 1 saturated heterocycles. The minimum atomic E-state index is 0.598. The van der Waals surface area contributed by atoms with Gasteiger partial charge in [-0.3, -0.25) is 4.90 Å². The van der Waals surface area contributed by atoms with E-state index in [0.29, 0.717) is 5.41 Å². The Balaban J connectivity index is 1.57. The molecule has 0 aromatic heterocycles. The van der Waals surface area contributed by atoms with Crippen molar-refractivity contribution in [2.75, 3.05) is 26.2 Å². The van der Waals surface area contributed by atoms with Crippen molar-refractivity contribution in [2.24, 2.45) is 17.3 Å². The van der Waals surface area contributed by atoms with Crippen LogP contribution in [0.1, 0.15) is 71.6 Å². The van der Waals surface area contributed by atoms with E-state index in [9.17, 15) is 0 Å². The average molecular weight is 293 g/mol. The summed E-state index contributed by atoms with van der Waals surface area (Å²) in [5.41, 5.74) is 0.598. The lowest BCUT2D eigenvalue weighted by atomic mass is 9.82. The molecule has 2 atom stereocenters. The molecule has 1 N–H and O–H groups in total. The van der Waals surface area contributed by atoms with Gasteiger partial charge in [0.15, 0.2) is 0 Å². The summed E-state index contributed by atoms with van der Waals surface area (Å²) in [4.78, 5) is 2.91. The summed E-state index contributed by atoms with van der Waals surface area (Å²) in [6, 6.07) is 0.946. The number of hydrogen-bond acceptors (Lipinski definition) is 2. The van der Waals surface area contributed by atoms with E-state index in [1.807, 2.05) is 0 Å². The molecule has 2 aliphatic carbocycles. The van der Waals surface area contributed by atoms with E-state index in [0.717, 1.165) is 17.9 Å². The van der Waals surface area contributed by atoms with Gasteiger partial charge >= 0.3 is 0 Å². The van der Waals surface area contributed by atoms with Crippen molar-refractivity contribution in [1.82, 2.24) is 10.2 Å². The van der Waals surface area contributed by atoms with Crippen LogP contribution in [0.4, 0.5) is 0 Å². The van der Waals surface area contributed by atoms with E-state index in [1.165, 1.54) is 84.0 Å². The standard InChI is InChI=1S/C19H36N2/c1-16(2)13-20-14-19(10-5-6-11-19)15-21-12-9-17-7-3-4-8-18(17)21/h16-18,20H,3-15H2,1-2H3. The molecule has 2 saturated carbocycles. The lowest BCUT2D eigenvalue weighted by molar-refractivity contribution is 0.109. The zero-order valence-electron chi connectivity index (χ0n) is 14.4. The molecule has 1 aliphatic heterocycles. The molecule has 0 aromatic rings. The number of nitrogens with zero attached hydrogens (tertiary/aromatic N) is 1. The normalized spacial score (nSPS) is 32.7. The average Bonchev–Trinajstić information content (AvgIpc) is 3.07. The molecule has 2 nitrogen and oxygen atoms in total. The van der Waals surface area contributed by atoms with Crippen LogP contribution >= 0.6 is 0 Å². The molecule has 3 fully saturated rings. The van der Waals surface area contributed by atoms with Gasteiger partial charge in [-0.25, -0.2) is 0 Å². The van der Waals surface area contributed by atoms with Crippen LogP contribution in [0, 0.1) is 17.3 Å². The Hall–Kier alpha value is -0.0800. The minimum Gasteiger partial charge on any atom is -0.316 e. The van der Waals surface area contributed by atoms with Crippen LogP contribution in [0.2, 0.25) is 0 Å². The second kappa shape index (κ2) is 7.00. The fourth-order valence-corrected chi connectivity index (χ4v) is 5.27. The van der Waals surface area contributed by atoms with Gasteiger partial charge in [0.1, 0.15) is 0 Å². The molecule has 2 heteroatoms. The van der Waals surface area contributed by atoms with Crippen molar-refractivity contribution in [3.8, 4) is 0 Å². The van der Waals surface area contributed by atoms with Crippen LogP contribution in [0.3, 0.4) is 0 Å². The van der Waals surface area contributed by atoms with Crippen molar-refractivity contribution < 1.29 is 0 Å². The molecule has 21 heavy (non-hydrogen) atoms. The van der Waals surface area contributed by atoms with Gasteiger partial charge in [-0.05, 0) is 62.4 Å². The van der Waals surface area contributed by atoms with Gasteiger partial charge < -0.3 is 5.32 Å². The van der Waals surface area contributed by atoms with Gasteiger partial charge in [0.05, 0.1) is 0 Å². The van der Waals surface area contributed by atoms with Crippen molar-refractivity contribution >= 4 is 0 Å². The highest BCUT2D eigenvalue weighted by Crippen LogP contribution is 2.43. The molecular weight excluding hydrogens is 256 g/mol. The Morgan fingerprint density at radius 3 is 2.57 bits per heavy atom. The van der Waals surface area contributed by atoms with E-state index in [2.05, 4.69) is 24.1 Å². The molecule has 2 unspecified atom stereocenters. The molecule has 0 spiro atoms. The summed E-state index contributed by atoms with van der Waals surface area (Å²) in [5.74, 6) is 1.82. The first-order valence-electron chi connectivity index (χ1n) is 9.63. The van der Waals surface area contributed by atoms with Crippen molar-refractivity contribution in [1.29, 1.82) is 0 Å². The molecule has 1 heterocycles. The first-order chi connectivity index (χ1) is 10.2. The van der Waals surface area contributed by atoms with E-state index >= 15 is 0 Å². The Bertz CT molecular complexity index is 320. The molecule has 0 amide bonds. The maximum atomic E-state index is 3.79. The van der Waals surface area contributed by atoms with Gasteiger partial charge in [-0.1, -0.05) is 39.5 Å². The fraction of sp³-hybridized carbons (Fsp3) is 1.00. The van der Waals surface area contributed by atoms with Crippen molar-refractivity contribution in [2.45, 2.75) is 77.7 Å². The zero-order chi connectivity index (χ0) is 14.7. The number of fused-ring (bicyclic) bond motifs is 1. The Labute approximate surface area is 132 Å². The van der Waals surface area contributed by atoms with E-state index < -0.39 is 0 Å². The van der Waals surface area contributed by atoms with Crippen LogP contribution in [0.15, 0.2) is 0 Å². The van der Waals surface area contributed by atoms with Crippen molar-refractivity contribution in [3.63, 3.8) is 0 Å². The quantitative estimate of drug-likeness (QED) is 0.794. The number of likely N-dealkylation sites (tertiary alicyclic amines) is 1. The summed E-state index contributed by atoms with van der Waals surface area (Å²) >= 11 is 0. The summed E-state index contributed by atoms with van der Waals surface area (Å²) < 4.78 is 0. The minimum absolute atomic E-state index is 0.598. The van der Waals surface area contributed by atoms with E-state index in [1.54, 1.807) is 0 Å². The van der Waals surface area contributed by atoms with Crippen LogP contribution in [0.5, 0.6) is 0 Å². The molecule has 0 aromatic carbocycles. The third-order valence-corrected chi connectivity index (χ3v) is 6.38. The van der Waals surface area contributed by atoms with Crippen LogP contribution in [0.25, 0.3) is 0 Å². The van der Waals surface area contributed by atoms with E-state index in [4.69, 9.17) is 0 Å². The SMILES string of the molecule is CC(C)CNCC1(CN2CCC3CCCCC32)CCCC1. The van der Waals surface area contributed by atoms with Crippen LogP contribution < -0.4 is 5.32 Å². The third kappa shape index (κ3) is 3.82. The Morgan fingerprint density at radius 1 is 1.05 bits per heavy atom. The summed E-state index contributed by atoms with van der Waals surface area (Å²) in [6.07, 6.45) is 13.3. The third-order valence-electron chi connectivity index (χ3n) is 6.38. The van der Waals surface area contributed by atoms with Crippen LogP contribution in [-0.2, 0) is 0 Å². The van der Waals surface area contributed by atoms with Gasteiger partial charge in [-0.15, -0.1) is 0 Å². The van der Waals surface area contributed by atoms with Gasteiger partial charge in [-0.2, -0.15) is 0 Å². The monoisotopic (exact) mass is 292 g/mol. The first-order valence-corrected chi connectivity index (χ1v) is 9.63. The summed E-state index contributed by atoms with van der Waals surface area (Å²) in [5, 5.41) is 3.79. The molecule has 3 rings (SSSR count).